The van der Waals surface area contributed by atoms with Crippen LogP contribution >= 0.6 is 0 Å². The van der Waals surface area contributed by atoms with Crippen LogP contribution in [0, 0.1) is 11.3 Å². The maximum absolute atomic E-state index is 12.0. The number of hydrogen-bond acceptors (Lipinski definition) is 2. The number of carbonyl (C=O) groups is 1. The van der Waals surface area contributed by atoms with Crippen molar-refractivity contribution in [1.29, 1.82) is 0 Å². The molecule has 0 radical (unpaired) electrons. The van der Waals surface area contributed by atoms with Crippen molar-refractivity contribution in [2.24, 2.45) is 17.1 Å². The van der Waals surface area contributed by atoms with Gasteiger partial charge in [0, 0.05) is 12.6 Å². The van der Waals surface area contributed by atoms with E-state index in [4.69, 9.17) is 5.73 Å². The number of hydrogen-bond donors (Lipinski definition) is 2. The highest BCUT2D eigenvalue weighted by Gasteiger charge is 2.29. The van der Waals surface area contributed by atoms with E-state index in [1.807, 2.05) is 13.8 Å². The molecule has 1 rings (SSSR count). The van der Waals surface area contributed by atoms with Gasteiger partial charge in [-0.05, 0) is 39.5 Å². The normalized spacial score (nSPS) is 20.7. The van der Waals surface area contributed by atoms with Crippen molar-refractivity contribution in [2.75, 3.05) is 6.54 Å². The molecule has 3 N–H and O–H groups in total. The lowest BCUT2D eigenvalue weighted by Crippen LogP contribution is -2.47. The van der Waals surface area contributed by atoms with Gasteiger partial charge in [-0.25, -0.2) is 0 Å². The van der Waals surface area contributed by atoms with Crippen LogP contribution in [0.4, 0.5) is 0 Å². The molecular weight excluding hydrogens is 212 g/mol. The second-order valence-corrected chi connectivity index (χ2v) is 6.10. The zero-order valence-corrected chi connectivity index (χ0v) is 11.6. The van der Waals surface area contributed by atoms with Crippen molar-refractivity contribution in [2.45, 2.75) is 65.3 Å². The second-order valence-electron chi connectivity index (χ2n) is 6.10. The van der Waals surface area contributed by atoms with Crippen molar-refractivity contribution < 1.29 is 4.79 Å². The molecular formula is C14H28N2O. The van der Waals surface area contributed by atoms with Crippen molar-refractivity contribution in [1.82, 2.24) is 5.32 Å². The summed E-state index contributed by atoms with van der Waals surface area (Å²) in [6.45, 7) is 6.35. The third-order valence-electron chi connectivity index (χ3n) is 4.09. The average Bonchev–Trinajstić information content (AvgIpc) is 2.57. The number of amides is 1. The Bertz CT molecular complexity index is 243. The molecule has 1 amide bonds. The first kappa shape index (κ1) is 14.5. The van der Waals surface area contributed by atoms with Gasteiger partial charge < -0.3 is 11.1 Å². The van der Waals surface area contributed by atoms with Crippen molar-refractivity contribution in [3.05, 3.63) is 0 Å². The fourth-order valence-electron chi connectivity index (χ4n) is 2.42. The summed E-state index contributed by atoms with van der Waals surface area (Å²) in [5.74, 6) is 0.742. The summed E-state index contributed by atoms with van der Waals surface area (Å²) < 4.78 is 0. The average molecular weight is 240 g/mol. The van der Waals surface area contributed by atoms with E-state index in [0.717, 1.165) is 0 Å². The zero-order chi connectivity index (χ0) is 12.9. The lowest BCUT2D eigenvalue weighted by molar-refractivity contribution is -0.129. The van der Waals surface area contributed by atoms with E-state index < -0.39 is 5.41 Å². The third kappa shape index (κ3) is 4.30. The van der Waals surface area contributed by atoms with Crippen LogP contribution in [-0.4, -0.2) is 18.5 Å². The molecule has 0 heterocycles. The smallest absolute Gasteiger partial charge is 0.227 e. The van der Waals surface area contributed by atoms with Gasteiger partial charge in [0.05, 0.1) is 5.41 Å². The van der Waals surface area contributed by atoms with Gasteiger partial charge >= 0.3 is 0 Å². The first-order chi connectivity index (χ1) is 7.97. The highest BCUT2D eigenvalue weighted by atomic mass is 16.2. The Morgan fingerprint density at radius 1 is 1.29 bits per heavy atom. The Balaban J connectivity index is 2.47. The Morgan fingerprint density at radius 2 is 1.82 bits per heavy atom. The molecule has 1 saturated carbocycles. The second kappa shape index (κ2) is 6.39. The molecule has 0 aromatic rings. The lowest BCUT2D eigenvalue weighted by Gasteiger charge is -2.28. The summed E-state index contributed by atoms with van der Waals surface area (Å²) in [7, 11) is 0. The van der Waals surface area contributed by atoms with E-state index in [2.05, 4.69) is 12.2 Å². The Labute approximate surface area is 106 Å². The van der Waals surface area contributed by atoms with Crippen LogP contribution < -0.4 is 11.1 Å². The van der Waals surface area contributed by atoms with Gasteiger partial charge in [-0.2, -0.15) is 0 Å². The number of carbonyl (C=O) groups excluding carboxylic acids is 1. The van der Waals surface area contributed by atoms with Gasteiger partial charge in [-0.3, -0.25) is 4.79 Å². The monoisotopic (exact) mass is 240 g/mol. The topological polar surface area (TPSA) is 55.1 Å². The number of nitrogens with one attached hydrogen (secondary N) is 1. The molecule has 1 aliphatic rings. The standard InChI is InChI=1S/C14H28N2O/c1-11(12-8-6-4-5-7-9-12)16-13(17)14(2,3)10-15/h11-12H,4-10,15H2,1-3H3,(H,16,17)/t11-/m0/s1. The SMILES string of the molecule is C[C@H](NC(=O)C(C)(C)CN)C1CCCCCC1. The molecule has 0 aromatic carbocycles. The quantitative estimate of drug-likeness (QED) is 0.742. The lowest BCUT2D eigenvalue weighted by atomic mass is 9.89. The van der Waals surface area contributed by atoms with Gasteiger partial charge in [-0.15, -0.1) is 0 Å². The molecule has 1 aliphatic carbocycles. The van der Waals surface area contributed by atoms with Crippen LogP contribution in [-0.2, 0) is 4.79 Å². The first-order valence-corrected chi connectivity index (χ1v) is 6.98. The number of nitrogens with two attached hydrogens (primary N) is 1. The molecule has 3 nitrogen and oxygen atoms in total. The Hall–Kier alpha value is -0.570. The molecule has 0 saturated heterocycles. The summed E-state index contributed by atoms with van der Waals surface area (Å²) in [4.78, 5) is 12.0. The molecule has 1 fully saturated rings. The van der Waals surface area contributed by atoms with Crippen LogP contribution in [0.5, 0.6) is 0 Å². The van der Waals surface area contributed by atoms with Gasteiger partial charge in [0.1, 0.15) is 0 Å². The minimum Gasteiger partial charge on any atom is -0.353 e. The van der Waals surface area contributed by atoms with Crippen LogP contribution in [0.1, 0.15) is 59.3 Å². The summed E-state index contributed by atoms with van der Waals surface area (Å²) >= 11 is 0. The zero-order valence-electron chi connectivity index (χ0n) is 11.6. The Morgan fingerprint density at radius 3 is 2.29 bits per heavy atom. The summed E-state index contributed by atoms with van der Waals surface area (Å²) in [5, 5.41) is 3.15. The predicted octanol–water partition coefficient (Wildman–Crippen LogP) is 2.45. The van der Waals surface area contributed by atoms with Gasteiger partial charge in [0.2, 0.25) is 5.91 Å². The molecule has 100 valence electrons. The van der Waals surface area contributed by atoms with Gasteiger partial charge in [0.15, 0.2) is 0 Å². The van der Waals surface area contributed by atoms with E-state index in [9.17, 15) is 4.79 Å². The maximum Gasteiger partial charge on any atom is 0.227 e. The molecule has 0 aliphatic heterocycles. The van der Waals surface area contributed by atoms with Gasteiger partial charge in [0.25, 0.3) is 0 Å². The number of rotatable bonds is 4. The maximum atomic E-state index is 12.0. The fraction of sp³-hybridized carbons (Fsp3) is 0.929. The minimum absolute atomic E-state index is 0.0942. The molecule has 1 atom stereocenters. The predicted molar refractivity (Wildman–Crippen MR) is 71.6 cm³/mol. The van der Waals surface area contributed by atoms with Crippen LogP contribution in [0.3, 0.4) is 0 Å². The molecule has 0 spiro atoms. The first-order valence-electron chi connectivity index (χ1n) is 6.98. The van der Waals surface area contributed by atoms with E-state index in [-0.39, 0.29) is 11.9 Å². The summed E-state index contributed by atoms with van der Waals surface area (Å²) in [6, 6.07) is 0.284. The van der Waals surface area contributed by atoms with E-state index in [1.54, 1.807) is 0 Å². The van der Waals surface area contributed by atoms with E-state index in [0.29, 0.717) is 12.5 Å². The summed E-state index contributed by atoms with van der Waals surface area (Å²) in [5.41, 5.74) is 5.18. The molecule has 0 bridgehead atoms. The summed E-state index contributed by atoms with van der Waals surface area (Å²) in [6.07, 6.45) is 7.84. The highest BCUT2D eigenvalue weighted by Crippen LogP contribution is 2.26. The van der Waals surface area contributed by atoms with Crippen LogP contribution in [0.2, 0.25) is 0 Å². The molecule has 0 unspecified atom stereocenters. The fourth-order valence-corrected chi connectivity index (χ4v) is 2.42. The van der Waals surface area contributed by atoms with Crippen molar-refractivity contribution >= 4 is 5.91 Å². The van der Waals surface area contributed by atoms with E-state index >= 15 is 0 Å². The van der Waals surface area contributed by atoms with Crippen molar-refractivity contribution in [3.8, 4) is 0 Å². The van der Waals surface area contributed by atoms with Crippen LogP contribution in [0.25, 0.3) is 0 Å². The minimum atomic E-state index is -0.445. The largest absolute Gasteiger partial charge is 0.353 e. The Kier molecular flexibility index (Phi) is 5.44. The van der Waals surface area contributed by atoms with Crippen molar-refractivity contribution in [3.63, 3.8) is 0 Å². The highest BCUT2D eigenvalue weighted by molar-refractivity contribution is 5.82. The van der Waals surface area contributed by atoms with Gasteiger partial charge in [-0.1, -0.05) is 25.7 Å². The molecule has 0 aromatic heterocycles. The molecule has 17 heavy (non-hydrogen) atoms. The molecule has 3 heteroatoms. The van der Waals surface area contributed by atoms with Crippen LogP contribution in [0.15, 0.2) is 0 Å². The third-order valence-corrected chi connectivity index (χ3v) is 4.09. The van der Waals surface area contributed by atoms with E-state index in [1.165, 1.54) is 38.5 Å².